The Morgan fingerprint density at radius 1 is 1.18 bits per heavy atom. The maximum Gasteiger partial charge on any atom is 0.274 e. The number of anilines is 1. The van der Waals surface area contributed by atoms with E-state index in [0.717, 1.165) is 42.1 Å². The molecule has 6 rings (SSSR count). The summed E-state index contributed by atoms with van der Waals surface area (Å²) in [5.74, 6) is 0.766. The molecular weight excluding hydrogens is 418 g/mol. The van der Waals surface area contributed by atoms with Gasteiger partial charge in [0.15, 0.2) is 0 Å². The summed E-state index contributed by atoms with van der Waals surface area (Å²) >= 11 is 0. The number of benzene rings is 1. The fraction of sp³-hybridized carbons (Fsp3) is 0.400. The topological polar surface area (TPSA) is 81.5 Å². The van der Waals surface area contributed by atoms with Crippen molar-refractivity contribution in [3.05, 3.63) is 66.0 Å². The minimum Gasteiger partial charge on any atom is -0.497 e. The number of amides is 1. The molecule has 0 radical (unpaired) electrons. The molecule has 3 aromatic rings. The normalized spacial score (nSPS) is 22.7. The molecule has 8 heteroatoms. The first kappa shape index (κ1) is 20.2. The Bertz CT molecular complexity index is 1210. The van der Waals surface area contributed by atoms with Crippen molar-refractivity contribution in [2.45, 2.75) is 37.3 Å². The summed E-state index contributed by atoms with van der Waals surface area (Å²) in [6, 6.07) is 10.4. The van der Waals surface area contributed by atoms with Gasteiger partial charge in [-0.25, -0.2) is 4.98 Å². The molecule has 5 heterocycles. The van der Waals surface area contributed by atoms with Crippen molar-refractivity contribution in [3.8, 4) is 11.4 Å². The molecule has 8 nitrogen and oxygen atoms in total. The SMILES string of the molecule is COc1ccc2c(c1)N[C@]1(COC3(CCN(C(=O)c4cnc(C)cn4)CC3)C1)c1cccn1-2. The van der Waals surface area contributed by atoms with Crippen LogP contribution in [0.3, 0.4) is 0 Å². The van der Waals surface area contributed by atoms with Gasteiger partial charge in [0.25, 0.3) is 5.91 Å². The van der Waals surface area contributed by atoms with E-state index in [1.807, 2.05) is 17.9 Å². The number of fused-ring (bicyclic) bond motifs is 4. The number of aryl methyl sites for hydroxylation is 1. The first-order valence-corrected chi connectivity index (χ1v) is 11.4. The third-order valence-corrected chi connectivity index (χ3v) is 7.29. The molecule has 2 fully saturated rings. The number of aromatic nitrogens is 3. The Morgan fingerprint density at radius 3 is 2.79 bits per heavy atom. The average Bonchev–Trinajstić information content (AvgIpc) is 3.46. The number of likely N-dealkylation sites (tertiary alicyclic amines) is 1. The number of hydrogen-bond donors (Lipinski definition) is 1. The van der Waals surface area contributed by atoms with E-state index >= 15 is 0 Å². The van der Waals surface area contributed by atoms with Crippen molar-refractivity contribution in [1.82, 2.24) is 19.4 Å². The minimum absolute atomic E-state index is 0.0595. The third-order valence-electron chi connectivity index (χ3n) is 7.29. The van der Waals surface area contributed by atoms with E-state index in [1.54, 1.807) is 19.5 Å². The summed E-state index contributed by atoms with van der Waals surface area (Å²) < 4.78 is 14.3. The molecule has 2 saturated heterocycles. The van der Waals surface area contributed by atoms with Crippen molar-refractivity contribution < 1.29 is 14.3 Å². The Morgan fingerprint density at radius 2 is 2.03 bits per heavy atom. The lowest BCUT2D eigenvalue weighted by molar-refractivity contribution is -0.0393. The lowest BCUT2D eigenvalue weighted by Crippen LogP contribution is -2.48. The van der Waals surface area contributed by atoms with Gasteiger partial charge in [0, 0.05) is 38.0 Å². The van der Waals surface area contributed by atoms with Crippen molar-refractivity contribution >= 4 is 11.6 Å². The number of piperidine rings is 1. The predicted molar refractivity (Wildman–Crippen MR) is 123 cm³/mol. The highest BCUT2D eigenvalue weighted by molar-refractivity contribution is 5.92. The first-order chi connectivity index (χ1) is 16.0. The van der Waals surface area contributed by atoms with E-state index in [9.17, 15) is 4.79 Å². The van der Waals surface area contributed by atoms with Crippen LogP contribution in [0, 0.1) is 6.92 Å². The number of nitrogens with zero attached hydrogens (tertiary/aromatic N) is 4. The zero-order valence-corrected chi connectivity index (χ0v) is 18.9. The van der Waals surface area contributed by atoms with E-state index in [4.69, 9.17) is 9.47 Å². The smallest absolute Gasteiger partial charge is 0.274 e. The zero-order valence-electron chi connectivity index (χ0n) is 18.9. The van der Waals surface area contributed by atoms with Gasteiger partial charge in [0.2, 0.25) is 0 Å². The summed E-state index contributed by atoms with van der Waals surface area (Å²) in [4.78, 5) is 23.2. The van der Waals surface area contributed by atoms with Crippen LogP contribution in [-0.2, 0) is 10.3 Å². The maximum absolute atomic E-state index is 12.9. The molecule has 0 unspecified atom stereocenters. The maximum atomic E-state index is 12.9. The fourth-order valence-electron chi connectivity index (χ4n) is 5.53. The largest absolute Gasteiger partial charge is 0.497 e. The molecule has 0 bridgehead atoms. The second kappa shape index (κ2) is 7.31. The van der Waals surface area contributed by atoms with Gasteiger partial charge in [-0.05, 0) is 44.0 Å². The van der Waals surface area contributed by atoms with Crippen molar-refractivity contribution in [2.24, 2.45) is 0 Å². The lowest BCUT2D eigenvalue weighted by atomic mass is 9.79. The van der Waals surface area contributed by atoms with E-state index < -0.39 is 0 Å². The van der Waals surface area contributed by atoms with Gasteiger partial charge in [0.1, 0.15) is 17.0 Å². The summed E-state index contributed by atoms with van der Waals surface area (Å²) in [7, 11) is 1.69. The number of ether oxygens (including phenoxy) is 2. The Hall–Kier alpha value is -3.39. The number of nitrogens with one attached hydrogen (secondary N) is 1. The van der Waals surface area contributed by atoms with Crippen molar-refractivity contribution in [3.63, 3.8) is 0 Å². The molecule has 1 atom stereocenters. The van der Waals surface area contributed by atoms with Gasteiger partial charge in [-0.1, -0.05) is 0 Å². The van der Waals surface area contributed by atoms with E-state index in [0.29, 0.717) is 25.4 Å². The van der Waals surface area contributed by atoms with Crippen LogP contribution in [0.4, 0.5) is 5.69 Å². The molecule has 3 aliphatic heterocycles. The van der Waals surface area contributed by atoms with Crippen LogP contribution in [-0.4, -0.2) is 57.7 Å². The highest BCUT2D eigenvalue weighted by Gasteiger charge is 2.54. The van der Waals surface area contributed by atoms with Gasteiger partial charge in [0.05, 0.1) is 48.3 Å². The van der Waals surface area contributed by atoms with Gasteiger partial charge in [-0.2, -0.15) is 0 Å². The van der Waals surface area contributed by atoms with Crippen LogP contribution in [0.25, 0.3) is 5.69 Å². The zero-order chi connectivity index (χ0) is 22.6. The van der Waals surface area contributed by atoms with Crippen LogP contribution < -0.4 is 10.1 Å². The number of methoxy groups -OCH3 is 1. The van der Waals surface area contributed by atoms with E-state index in [-0.39, 0.29) is 17.0 Å². The second-order valence-electron chi connectivity index (χ2n) is 9.34. The molecule has 170 valence electrons. The second-order valence-corrected chi connectivity index (χ2v) is 9.34. The Balaban J connectivity index is 1.23. The molecule has 33 heavy (non-hydrogen) atoms. The van der Waals surface area contributed by atoms with Crippen molar-refractivity contribution in [1.29, 1.82) is 0 Å². The Kier molecular flexibility index (Phi) is 4.48. The van der Waals surface area contributed by atoms with Crippen LogP contribution in [0.1, 0.15) is 41.1 Å². The molecule has 3 aliphatic rings. The molecule has 0 saturated carbocycles. The minimum atomic E-state index is -0.308. The van der Waals surface area contributed by atoms with Crippen LogP contribution >= 0.6 is 0 Å². The number of hydrogen-bond acceptors (Lipinski definition) is 6. The molecule has 2 aromatic heterocycles. The van der Waals surface area contributed by atoms with E-state index in [1.165, 1.54) is 5.69 Å². The number of carbonyl (C=O) groups is 1. The van der Waals surface area contributed by atoms with Crippen LogP contribution in [0.5, 0.6) is 5.75 Å². The summed E-state index contributed by atoms with van der Waals surface area (Å²) in [6.45, 7) is 3.75. The first-order valence-electron chi connectivity index (χ1n) is 11.4. The summed E-state index contributed by atoms with van der Waals surface area (Å²) in [5, 5.41) is 3.80. The van der Waals surface area contributed by atoms with Gasteiger partial charge >= 0.3 is 0 Å². The van der Waals surface area contributed by atoms with Gasteiger partial charge in [-0.15, -0.1) is 0 Å². The predicted octanol–water partition coefficient (Wildman–Crippen LogP) is 3.30. The molecular formula is C25H27N5O3. The third kappa shape index (κ3) is 3.20. The summed E-state index contributed by atoms with van der Waals surface area (Å²) in [6.07, 6.45) is 7.76. The van der Waals surface area contributed by atoms with E-state index in [2.05, 4.69) is 50.3 Å². The number of carbonyl (C=O) groups excluding carboxylic acids is 1. The highest BCUT2D eigenvalue weighted by atomic mass is 16.5. The van der Waals surface area contributed by atoms with Crippen LogP contribution in [0.2, 0.25) is 0 Å². The standard InChI is InChI=1S/C25H27N5O3/c1-17-13-27-20(14-26-17)23(31)29-10-7-24(8-11-29)15-25(16-33-24)22-4-3-9-30(22)21-6-5-18(32-2)12-19(21)28-25/h3-6,9,12-14,28H,7-8,10-11,15-16H2,1-2H3/t25-/m1/s1. The summed E-state index contributed by atoms with van der Waals surface area (Å²) in [5.41, 5.74) is 4.01. The lowest BCUT2D eigenvalue weighted by Gasteiger charge is -2.41. The molecule has 1 aromatic carbocycles. The number of rotatable bonds is 2. The average molecular weight is 446 g/mol. The molecule has 2 spiro atoms. The van der Waals surface area contributed by atoms with Gasteiger partial charge in [-0.3, -0.25) is 9.78 Å². The van der Waals surface area contributed by atoms with Crippen LogP contribution in [0.15, 0.2) is 48.9 Å². The fourth-order valence-corrected chi connectivity index (χ4v) is 5.53. The quantitative estimate of drug-likeness (QED) is 0.652. The highest BCUT2D eigenvalue weighted by Crippen LogP contribution is 2.50. The molecule has 0 aliphatic carbocycles. The molecule has 1 N–H and O–H groups in total. The Labute approximate surface area is 192 Å². The molecule has 1 amide bonds. The monoisotopic (exact) mass is 445 g/mol. The van der Waals surface area contributed by atoms with Gasteiger partial charge < -0.3 is 24.3 Å². The van der Waals surface area contributed by atoms with Crippen molar-refractivity contribution in [2.75, 3.05) is 32.1 Å².